The zero-order valence-corrected chi connectivity index (χ0v) is 9.89. The van der Waals surface area contributed by atoms with Crippen LogP contribution in [0.25, 0.3) is 0 Å². The maximum atomic E-state index is 12.8. The lowest BCUT2D eigenvalue weighted by Gasteiger charge is -2.20. The van der Waals surface area contributed by atoms with Gasteiger partial charge in [-0.05, 0) is 30.0 Å². The normalized spacial score (nSPS) is 11.3. The Morgan fingerprint density at radius 3 is 2.27 bits per heavy atom. The molecule has 1 aromatic rings. The molecule has 0 saturated heterocycles. The van der Waals surface area contributed by atoms with Gasteiger partial charge in [0.25, 0.3) is 0 Å². The zero-order chi connectivity index (χ0) is 11.3. The van der Waals surface area contributed by atoms with E-state index in [-0.39, 0.29) is 5.82 Å². The first-order valence-electron chi connectivity index (χ1n) is 5.76. The van der Waals surface area contributed by atoms with E-state index in [9.17, 15) is 4.39 Å². The molecule has 0 atom stereocenters. The van der Waals surface area contributed by atoms with Crippen LogP contribution in [0, 0.1) is 17.7 Å². The summed E-state index contributed by atoms with van der Waals surface area (Å²) >= 11 is 0. The molecule has 0 N–H and O–H groups in total. The van der Waals surface area contributed by atoms with Gasteiger partial charge in [0.15, 0.2) is 0 Å². The van der Waals surface area contributed by atoms with Crippen LogP contribution in [0.1, 0.15) is 45.6 Å². The minimum Gasteiger partial charge on any atom is -0.207 e. The summed E-state index contributed by atoms with van der Waals surface area (Å²) in [6, 6.07) is 6.87. The number of halogens is 1. The summed E-state index contributed by atoms with van der Waals surface area (Å²) < 4.78 is 12.8. The van der Waals surface area contributed by atoms with Crippen LogP contribution in [0.3, 0.4) is 0 Å². The zero-order valence-electron chi connectivity index (χ0n) is 9.89. The predicted molar refractivity (Wildman–Crippen MR) is 63.1 cm³/mol. The van der Waals surface area contributed by atoms with Crippen molar-refractivity contribution in [2.75, 3.05) is 0 Å². The van der Waals surface area contributed by atoms with Crippen molar-refractivity contribution in [3.63, 3.8) is 0 Å². The topological polar surface area (TPSA) is 0 Å². The summed E-state index contributed by atoms with van der Waals surface area (Å²) in [4.78, 5) is 0. The SMILES string of the molecule is CCCC[C](c1ccc(F)cc1)C(C)C. The van der Waals surface area contributed by atoms with Crippen molar-refractivity contribution in [1.82, 2.24) is 0 Å². The maximum Gasteiger partial charge on any atom is 0.123 e. The van der Waals surface area contributed by atoms with E-state index in [1.54, 1.807) is 12.1 Å². The second kappa shape index (κ2) is 5.89. The van der Waals surface area contributed by atoms with Crippen molar-refractivity contribution in [3.8, 4) is 0 Å². The molecule has 0 spiro atoms. The molecule has 0 aliphatic carbocycles. The highest BCUT2D eigenvalue weighted by molar-refractivity contribution is 5.31. The van der Waals surface area contributed by atoms with Crippen LogP contribution in [-0.2, 0) is 0 Å². The number of benzene rings is 1. The van der Waals surface area contributed by atoms with Gasteiger partial charge in [0.05, 0.1) is 0 Å². The van der Waals surface area contributed by atoms with E-state index in [0.717, 1.165) is 6.42 Å². The molecule has 0 unspecified atom stereocenters. The Balaban J connectivity index is 2.74. The van der Waals surface area contributed by atoms with Gasteiger partial charge in [0, 0.05) is 5.92 Å². The molecule has 0 aliphatic heterocycles. The van der Waals surface area contributed by atoms with E-state index in [4.69, 9.17) is 0 Å². The summed E-state index contributed by atoms with van der Waals surface area (Å²) in [5.74, 6) is 1.83. The van der Waals surface area contributed by atoms with Crippen LogP contribution in [-0.4, -0.2) is 0 Å². The Hall–Kier alpha value is -0.850. The van der Waals surface area contributed by atoms with Crippen molar-refractivity contribution >= 4 is 0 Å². The molecule has 0 fully saturated rings. The van der Waals surface area contributed by atoms with Gasteiger partial charge in [0.2, 0.25) is 0 Å². The van der Waals surface area contributed by atoms with E-state index in [1.165, 1.54) is 24.3 Å². The number of unbranched alkanes of at least 4 members (excludes halogenated alkanes) is 1. The molecule has 1 rings (SSSR count). The Morgan fingerprint density at radius 1 is 1.20 bits per heavy atom. The van der Waals surface area contributed by atoms with Crippen molar-refractivity contribution in [1.29, 1.82) is 0 Å². The molecule has 0 saturated carbocycles. The van der Waals surface area contributed by atoms with Crippen LogP contribution >= 0.6 is 0 Å². The molecule has 0 aliphatic rings. The number of hydrogen-bond acceptors (Lipinski definition) is 0. The van der Waals surface area contributed by atoms with Gasteiger partial charge < -0.3 is 0 Å². The summed E-state index contributed by atoms with van der Waals surface area (Å²) in [5.41, 5.74) is 1.19. The largest absolute Gasteiger partial charge is 0.207 e. The van der Waals surface area contributed by atoms with Crippen LogP contribution in [0.4, 0.5) is 4.39 Å². The quantitative estimate of drug-likeness (QED) is 0.662. The first-order chi connectivity index (χ1) is 7.15. The lowest BCUT2D eigenvalue weighted by Crippen LogP contribution is -2.07. The van der Waals surface area contributed by atoms with Gasteiger partial charge in [-0.3, -0.25) is 0 Å². The fourth-order valence-corrected chi connectivity index (χ4v) is 1.80. The highest BCUT2D eigenvalue weighted by Gasteiger charge is 2.15. The first-order valence-corrected chi connectivity index (χ1v) is 5.76. The molecule has 0 heterocycles. The lowest BCUT2D eigenvalue weighted by molar-refractivity contribution is 0.596. The monoisotopic (exact) mass is 207 g/mol. The molecule has 0 nitrogen and oxygen atoms in total. The minimum atomic E-state index is -0.155. The molecule has 83 valence electrons. The van der Waals surface area contributed by atoms with E-state index in [2.05, 4.69) is 20.8 Å². The summed E-state index contributed by atoms with van der Waals surface area (Å²) in [6.07, 6.45) is 3.54. The van der Waals surface area contributed by atoms with E-state index in [0.29, 0.717) is 5.92 Å². The third-order valence-corrected chi connectivity index (χ3v) is 2.71. The van der Waals surface area contributed by atoms with E-state index < -0.39 is 0 Å². The van der Waals surface area contributed by atoms with E-state index in [1.807, 2.05) is 12.1 Å². The second-order valence-corrected chi connectivity index (χ2v) is 4.29. The van der Waals surface area contributed by atoms with Crippen molar-refractivity contribution in [2.24, 2.45) is 5.92 Å². The van der Waals surface area contributed by atoms with Gasteiger partial charge in [-0.25, -0.2) is 4.39 Å². The summed E-state index contributed by atoms with van der Waals surface area (Å²) in [5, 5.41) is 0. The highest BCUT2D eigenvalue weighted by Crippen LogP contribution is 2.28. The molecular formula is C14H20F. The molecule has 0 bridgehead atoms. The Bertz CT molecular complexity index is 274. The minimum absolute atomic E-state index is 0.155. The van der Waals surface area contributed by atoms with E-state index >= 15 is 0 Å². The third-order valence-electron chi connectivity index (χ3n) is 2.71. The average Bonchev–Trinajstić information content (AvgIpc) is 2.21. The van der Waals surface area contributed by atoms with Gasteiger partial charge in [-0.2, -0.15) is 0 Å². The predicted octanol–water partition coefficient (Wildman–Crippen LogP) is 4.59. The van der Waals surface area contributed by atoms with Crippen LogP contribution in [0.15, 0.2) is 24.3 Å². The molecule has 1 aromatic carbocycles. The summed E-state index contributed by atoms with van der Waals surface area (Å²) in [7, 11) is 0. The van der Waals surface area contributed by atoms with Gasteiger partial charge in [0.1, 0.15) is 5.82 Å². The first kappa shape index (κ1) is 12.2. The molecule has 1 radical (unpaired) electrons. The Kier molecular flexibility index (Phi) is 4.80. The molecular weight excluding hydrogens is 187 g/mol. The fraction of sp³-hybridized carbons (Fsp3) is 0.500. The molecule has 15 heavy (non-hydrogen) atoms. The second-order valence-electron chi connectivity index (χ2n) is 4.29. The van der Waals surface area contributed by atoms with Crippen LogP contribution in [0.5, 0.6) is 0 Å². The molecule has 1 heteroatoms. The van der Waals surface area contributed by atoms with Crippen molar-refractivity contribution < 1.29 is 4.39 Å². The summed E-state index contributed by atoms with van der Waals surface area (Å²) in [6.45, 7) is 6.60. The van der Waals surface area contributed by atoms with Crippen LogP contribution in [0.2, 0.25) is 0 Å². The average molecular weight is 207 g/mol. The third kappa shape index (κ3) is 3.65. The number of rotatable bonds is 5. The molecule has 0 amide bonds. The molecule has 0 aromatic heterocycles. The van der Waals surface area contributed by atoms with Gasteiger partial charge in [-0.15, -0.1) is 0 Å². The standard InChI is InChI=1S/C14H20F/c1-4-5-6-14(11(2)3)12-7-9-13(15)10-8-12/h7-11H,4-6H2,1-3H3. The lowest BCUT2D eigenvalue weighted by atomic mass is 9.84. The maximum absolute atomic E-state index is 12.8. The van der Waals surface area contributed by atoms with Gasteiger partial charge in [-0.1, -0.05) is 45.7 Å². The fourth-order valence-electron chi connectivity index (χ4n) is 1.80. The van der Waals surface area contributed by atoms with Crippen LogP contribution < -0.4 is 0 Å². The Morgan fingerprint density at radius 2 is 1.80 bits per heavy atom. The Labute approximate surface area is 92.5 Å². The highest BCUT2D eigenvalue weighted by atomic mass is 19.1. The van der Waals surface area contributed by atoms with Crippen molar-refractivity contribution in [2.45, 2.75) is 40.0 Å². The smallest absolute Gasteiger partial charge is 0.123 e. The van der Waals surface area contributed by atoms with Gasteiger partial charge >= 0.3 is 0 Å². The number of hydrogen-bond donors (Lipinski definition) is 0. The van der Waals surface area contributed by atoms with Crippen molar-refractivity contribution in [3.05, 3.63) is 41.6 Å².